The number of aromatic nitrogens is 1. The van der Waals surface area contributed by atoms with E-state index in [-0.39, 0.29) is 23.2 Å². The predicted octanol–water partition coefficient (Wildman–Crippen LogP) is 0.591. The van der Waals surface area contributed by atoms with Crippen LogP contribution < -0.4 is 21.7 Å². The summed E-state index contributed by atoms with van der Waals surface area (Å²) in [6, 6.07) is 1.17. The van der Waals surface area contributed by atoms with Gasteiger partial charge < -0.3 is 21.7 Å². The first-order valence-corrected chi connectivity index (χ1v) is 7.55. The summed E-state index contributed by atoms with van der Waals surface area (Å²) in [4.78, 5) is 29.0. The number of carbonyl (C=O) groups excluding carboxylic acids is 2. The molecule has 5 N–H and O–H groups in total. The first-order valence-electron chi connectivity index (χ1n) is 7.03. The van der Waals surface area contributed by atoms with Crippen LogP contribution in [0.5, 0.6) is 0 Å². The van der Waals surface area contributed by atoms with Gasteiger partial charge in [-0.25, -0.2) is 9.37 Å². The Balaban J connectivity index is 2.19. The van der Waals surface area contributed by atoms with Crippen LogP contribution in [0.1, 0.15) is 12.8 Å². The molecule has 2 heterocycles. The monoisotopic (exact) mass is 339 g/mol. The van der Waals surface area contributed by atoms with Crippen molar-refractivity contribution >= 4 is 35.9 Å². The number of thiol groups is 1. The van der Waals surface area contributed by atoms with E-state index in [0.29, 0.717) is 31.7 Å². The number of halogens is 1. The zero-order valence-corrected chi connectivity index (χ0v) is 13.2. The van der Waals surface area contributed by atoms with Crippen molar-refractivity contribution in [1.82, 2.24) is 4.98 Å². The molecule has 1 aromatic rings. The minimum absolute atomic E-state index is 0.101. The number of nitrogens with one attached hydrogen (secondary N) is 1. The highest BCUT2D eigenvalue weighted by atomic mass is 32.1. The number of nitrogens with zero attached hydrogens (tertiary/aromatic N) is 2. The van der Waals surface area contributed by atoms with Crippen LogP contribution in [0.2, 0.25) is 0 Å². The molecule has 0 radical (unpaired) electrons. The van der Waals surface area contributed by atoms with E-state index in [9.17, 15) is 14.0 Å². The second kappa shape index (κ2) is 7.32. The summed E-state index contributed by atoms with van der Waals surface area (Å²) in [5.41, 5.74) is 10.9. The average Bonchev–Trinajstić information content (AvgIpc) is 2.54. The molecule has 0 unspecified atom stereocenters. The second-order valence-electron chi connectivity index (χ2n) is 5.23. The Kier molecular flexibility index (Phi) is 5.43. The Morgan fingerprint density at radius 2 is 2.04 bits per heavy atom. The number of nitrogens with two attached hydrogens (primary N) is 2. The average molecular weight is 339 g/mol. The van der Waals surface area contributed by atoms with Gasteiger partial charge in [0.25, 0.3) is 5.91 Å². The van der Waals surface area contributed by atoms with E-state index in [0.717, 1.165) is 11.6 Å². The standard InChI is InChI=1S/C14H18FN5O2S/c15-9-5-11(19-14(22)10(16)7-23)13(18-6-9)20-3-1-8(2-4-20)12(17)21/h5-8,23H,1-4,16H2,(H2,17,21)(H,19,22)/b10-7-. The molecule has 1 saturated heterocycles. The highest BCUT2D eigenvalue weighted by Crippen LogP contribution is 2.28. The maximum absolute atomic E-state index is 13.5. The van der Waals surface area contributed by atoms with E-state index in [2.05, 4.69) is 22.9 Å². The lowest BCUT2D eigenvalue weighted by molar-refractivity contribution is -0.122. The van der Waals surface area contributed by atoms with E-state index in [1.165, 1.54) is 6.07 Å². The maximum Gasteiger partial charge on any atom is 0.272 e. The van der Waals surface area contributed by atoms with Crippen LogP contribution >= 0.6 is 12.6 Å². The number of hydrogen-bond donors (Lipinski definition) is 4. The molecule has 0 bridgehead atoms. The van der Waals surface area contributed by atoms with Crippen molar-refractivity contribution < 1.29 is 14.0 Å². The Labute approximate surface area is 138 Å². The van der Waals surface area contributed by atoms with Gasteiger partial charge in [-0.05, 0) is 18.2 Å². The number of anilines is 2. The van der Waals surface area contributed by atoms with Gasteiger partial charge in [0, 0.05) is 25.1 Å². The molecule has 0 aliphatic carbocycles. The first-order chi connectivity index (χ1) is 10.9. The molecule has 7 nitrogen and oxygen atoms in total. The van der Waals surface area contributed by atoms with Gasteiger partial charge in [-0.1, -0.05) is 0 Å². The summed E-state index contributed by atoms with van der Waals surface area (Å²) >= 11 is 3.81. The van der Waals surface area contributed by atoms with Crippen LogP contribution in [0.4, 0.5) is 15.9 Å². The van der Waals surface area contributed by atoms with Gasteiger partial charge in [0.05, 0.1) is 11.9 Å². The molecule has 23 heavy (non-hydrogen) atoms. The molecule has 2 rings (SSSR count). The Hall–Kier alpha value is -2.29. The molecule has 9 heteroatoms. The molecule has 1 aliphatic heterocycles. The van der Waals surface area contributed by atoms with Crippen molar-refractivity contribution in [3.8, 4) is 0 Å². The minimum Gasteiger partial charge on any atom is -0.394 e. The zero-order valence-electron chi connectivity index (χ0n) is 12.3. The number of primary amides is 1. The lowest BCUT2D eigenvalue weighted by Gasteiger charge is -2.32. The summed E-state index contributed by atoms with van der Waals surface area (Å²) in [5.74, 6) is -1.25. The SMILES string of the molecule is NC(=O)C1CCN(c2ncc(F)cc2NC(=O)/C(N)=C/S)CC1. The number of pyridine rings is 1. The van der Waals surface area contributed by atoms with E-state index in [4.69, 9.17) is 11.5 Å². The van der Waals surface area contributed by atoms with Gasteiger partial charge in [0.1, 0.15) is 11.5 Å². The minimum atomic E-state index is -0.597. The summed E-state index contributed by atoms with van der Waals surface area (Å²) in [6.45, 7) is 1.07. The third-order valence-electron chi connectivity index (χ3n) is 3.68. The smallest absolute Gasteiger partial charge is 0.272 e. The Morgan fingerprint density at radius 1 is 1.39 bits per heavy atom. The fourth-order valence-electron chi connectivity index (χ4n) is 2.40. The largest absolute Gasteiger partial charge is 0.394 e. The molecule has 0 saturated carbocycles. The topological polar surface area (TPSA) is 114 Å². The molecule has 1 aromatic heterocycles. The third kappa shape index (κ3) is 4.13. The van der Waals surface area contributed by atoms with Crippen LogP contribution in [0.15, 0.2) is 23.4 Å². The van der Waals surface area contributed by atoms with E-state index >= 15 is 0 Å². The van der Waals surface area contributed by atoms with Crippen molar-refractivity contribution in [1.29, 1.82) is 0 Å². The molecule has 2 amide bonds. The van der Waals surface area contributed by atoms with E-state index in [1.54, 1.807) is 0 Å². The van der Waals surface area contributed by atoms with Crippen molar-refractivity contribution in [3.63, 3.8) is 0 Å². The van der Waals surface area contributed by atoms with E-state index < -0.39 is 11.7 Å². The van der Waals surface area contributed by atoms with Crippen LogP contribution in [0, 0.1) is 11.7 Å². The predicted molar refractivity (Wildman–Crippen MR) is 88.2 cm³/mol. The molecule has 1 fully saturated rings. The van der Waals surface area contributed by atoms with Crippen LogP contribution in [0.3, 0.4) is 0 Å². The Morgan fingerprint density at radius 3 is 2.61 bits per heavy atom. The van der Waals surface area contributed by atoms with Crippen LogP contribution in [0.25, 0.3) is 0 Å². The van der Waals surface area contributed by atoms with Crippen molar-refractivity contribution in [2.24, 2.45) is 17.4 Å². The molecule has 0 spiro atoms. The quantitative estimate of drug-likeness (QED) is 0.473. The van der Waals surface area contributed by atoms with Gasteiger partial charge in [-0.15, -0.1) is 12.6 Å². The summed E-state index contributed by atoms with van der Waals surface area (Å²) in [6.07, 6.45) is 2.24. The highest BCUT2D eigenvalue weighted by molar-refractivity contribution is 7.83. The number of piperidine rings is 1. The molecule has 0 atom stereocenters. The lowest BCUT2D eigenvalue weighted by atomic mass is 9.96. The number of rotatable bonds is 4. The number of hydrogen-bond acceptors (Lipinski definition) is 6. The van der Waals surface area contributed by atoms with Crippen LogP contribution in [-0.2, 0) is 9.59 Å². The third-order valence-corrected chi connectivity index (χ3v) is 3.96. The van der Waals surface area contributed by atoms with Gasteiger partial charge in [0.15, 0.2) is 5.82 Å². The number of amides is 2. The normalized spacial score (nSPS) is 16.3. The summed E-state index contributed by atoms with van der Waals surface area (Å²) < 4.78 is 13.5. The van der Waals surface area contributed by atoms with Gasteiger partial charge >= 0.3 is 0 Å². The van der Waals surface area contributed by atoms with Crippen molar-refractivity contribution in [3.05, 3.63) is 29.2 Å². The maximum atomic E-state index is 13.5. The van der Waals surface area contributed by atoms with Gasteiger partial charge in [0.2, 0.25) is 5.91 Å². The fraction of sp³-hybridized carbons (Fsp3) is 0.357. The Bertz CT molecular complexity index is 644. The number of carbonyl (C=O) groups is 2. The first kappa shape index (κ1) is 17.1. The van der Waals surface area contributed by atoms with Gasteiger partial charge in [-0.2, -0.15) is 0 Å². The molecule has 0 aromatic carbocycles. The highest BCUT2D eigenvalue weighted by Gasteiger charge is 2.25. The second-order valence-corrected chi connectivity index (χ2v) is 5.49. The van der Waals surface area contributed by atoms with E-state index in [1.807, 2.05) is 4.90 Å². The van der Waals surface area contributed by atoms with Crippen molar-refractivity contribution in [2.75, 3.05) is 23.3 Å². The zero-order chi connectivity index (χ0) is 17.0. The fourth-order valence-corrected chi connectivity index (χ4v) is 2.52. The summed E-state index contributed by atoms with van der Waals surface area (Å²) in [7, 11) is 0. The summed E-state index contributed by atoms with van der Waals surface area (Å²) in [5, 5.41) is 3.67. The van der Waals surface area contributed by atoms with Crippen molar-refractivity contribution in [2.45, 2.75) is 12.8 Å². The molecule has 1 aliphatic rings. The molecular weight excluding hydrogens is 321 g/mol. The lowest BCUT2D eigenvalue weighted by Crippen LogP contribution is -2.39. The van der Waals surface area contributed by atoms with Gasteiger partial charge in [-0.3, -0.25) is 9.59 Å². The molecule has 124 valence electrons. The molecular formula is C14H18FN5O2S. The van der Waals surface area contributed by atoms with Crippen LogP contribution in [-0.4, -0.2) is 29.9 Å².